The molecule has 7 nitrogen and oxygen atoms in total. The molecule has 0 fully saturated rings. The van der Waals surface area contributed by atoms with Gasteiger partial charge in [-0.05, 0) is 48.1 Å². The zero-order chi connectivity index (χ0) is 20.6. The van der Waals surface area contributed by atoms with Gasteiger partial charge in [0.15, 0.2) is 14.9 Å². The van der Waals surface area contributed by atoms with Crippen molar-refractivity contribution < 1.29 is 23.1 Å². The molecule has 1 aromatic heterocycles. The number of carbonyl (C=O) groups is 2. The fourth-order valence-electron chi connectivity index (χ4n) is 3.30. The molecule has 0 radical (unpaired) electrons. The predicted octanol–water partition coefficient (Wildman–Crippen LogP) is 3.14. The van der Waals surface area contributed by atoms with Gasteiger partial charge in [0.2, 0.25) is 0 Å². The fourth-order valence-corrected chi connectivity index (χ4v) is 5.07. The van der Waals surface area contributed by atoms with Crippen molar-refractivity contribution in [3.8, 4) is 0 Å². The Hall–Kier alpha value is -2.45. The molecule has 2 aromatic rings. The Morgan fingerprint density at radius 2 is 1.96 bits per heavy atom. The Morgan fingerprint density at radius 3 is 2.57 bits per heavy atom. The van der Waals surface area contributed by atoms with E-state index in [-0.39, 0.29) is 22.8 Å². The summed E-state index contributed by atoms with van der Waals surface area (Å²) in [6, 6.07) is 4.76. The van der Waals surface area contributed by atoms with Gasteiger partial charge in [0.05, 0.1) is 11.3 Å². The lowest BCUT2D eigenvalue weighted by Gasteiger charge is -2.16. The van der Waals surface area contributed by atoms with E-state index in [2.05, 4.69) is 10.3 Å². The molecule has 1 aromatic carbocycles. The number of aryl methyl sites for hydroxylation is 2. The number of aromatic nitrogens is 1. The third kappa shape index (κ3) is 3.49. The number of carboxylic acid groups (broad SMARTS) is 1. The maximum atomic E-state index is 12.9. The largest absolute Gasteiger partial charge is 0.478 e. The molecule has 148 valence electrons. The summed E-state index contributed by atoms with van der Waals surface area (Å²) in [7, 11) is -3.61. The number of carboxylic acids is 1. The van der Waals surface area contributed by atoms with E-state index in [0.717, 1.165) is 11.1 Å². The number of aromatic carboxylic acids is 1. The van der Waals surface area contributed by atoms with E-state index >= 15 is 0 Å². The molecule has 0 saturated heterocycles. The number of hydrogen-bond donors (Lipinski definition) is 2. The molecule has 1 aliphatic heterocycles. The van der Waals surface area contributed by atoms with Gasteiger partial charge in [-0.3, -0.25) is 4.79 Å². The lowest BCUT2D eigenvalue weighted by molar-refractivity contribution is 0.0691. The van der Waals surface area contributed by atoms with Crippen LogP contribution in [0.4, 0.5) is 5.69 Å². The van der Waals surface area contributed by atoms with Crippen LogP contribution in [0.5, 0.6) is 0 Å². The van der Waals surface area contributed by atoms with E-state index in [0.29, 0.717) is 29.1 Å². The summed E-state index contributed by atoms with van der Waals surface area (Å²) in [5.41, 5.74) is 1.62. The molecule has 1 aliphatic rings. The third-order valence-corrected chi connectivity index (χ3v) is 6.80. The van der Waals surface area contributed by atoms with Crippen LogP contribution in [0.15, 0.2) is 23.2 Å². The van der Waals surface area contributed by atoms with E-state index in [9.17, 15) is 23.1 Å². The minimum absolute atomic E-state index is 0.145. The Labute approximate surface area is 167 Å². The summed E-state index contributed by atoms with van der Waals surface area (Å²) in [6.07, 6.45) is 1.36. The molecule has 28 heavy (non-hydrogen) atoms. The second kappa shape index (κ2) is 7.52. The Balaban J connectivity index is 2.12. The number of anilines is 1. The van der Waals surface area contributed by atoms with Crippen molar-refractivity contribution in [3.05, 3.63) is 51.2 Å². The molecule has 9 heteroatoms. The van der Waals surface area contributed by atoms with Crippen molar-refractivity contribution in [2.24, 2.45) is 0 Å². The predicted molar refractivity (Wildman–Crippen MR) is 105 cm³/mol. The number of carbonyl (C=O) groups excluding carboxylic acids is 1. The van der Waals surface area contributed by atoms with Crippen molar-refractivity contribution in [2.75, 3.05) is 11.1 Å². The first-order valence-electron chi connectivity index (χ1n) is 8.81. The van der Waals surface area contributed by atoms with E-state index in [1.165, 1.54) is 6.07 Å². The van der Waals surface area contributed by atoms with Crippen molar-refractivity contribution in [2.45, 2.75) is 38.1 Å². The zero-order valence-electron chi connectivity index (χ0n) is 15.4. The van der Waals surface area contributed by atoms with Gasteiger partial charge in [0.25, 0.3) is 5.91 Å². The van der Waals surface area contributed by atoms with Crippen LogP contribution < -0.4 is 5.32 Å². The van der Waals surface area contributed by atoms with Crippen LogP contribution in [0.3, 0.4) is 0 Å². The maximum Gasteiger partial charge on any atom is 0.338 e. The summed E-state index contributed by atoms with van der Waals surface area (Å²) < 4.78 is 24.3. The van der Waals surface area contributed by atoms with E-state index in [4.69, 9.17) is 11.6 Å². The van der Waals surface area contributed by atoms with Crippen LogP contribution in [0.25, 0.3) is 0 Å². The van der Waals surface area contributed by atoms with E-state index < -0.39 is 27.4 Å². The lowest BCUT2D eigenvalue weighted by atomic mass is 10.0. The monoisotopic (exact) mass is 422 g/mol. The number of nitrogens with one attached hydrogen (secondary N) is 1. The highest BCUT2D eigenvalue weighted by atomic mass is 35.5. The standard InChI is InChI=1S/C19H19ClN2O5S/c1-3-10-5-6-14(20)12(4-2)15(10)21-17(23)16-13(19(24)25)9-11-7-8-28(26,27)18(11)22-16/h5-6,9H,3-4,7-8H2,1-2H3,(H,21,23)(H,24,25). The molecule has 0 spiro atoms. The first kappa shape index (κ1) is 20.3. The number of halogens is 1. The van der Waals surface area contributed by atoms with Crippen molar-refractivity contribution in [3.63, 3.8) is 0 Å². The van der Waals surface area contributed by atoms with Crippen LogP contribution >= 0.6 is 11.6 Å². The number of hydrogen-bond acceptors (Lipinski definition) is 5. The molecule has 2 heterocycles. The maximum absolute atomic E-state index is 12.9. The van der Waals surface area contributed by atoms with Crippen LogP contribution in [-0.4, -0.2) is 36.1 Å². The first-order chi connectivity index (χ1) is 13.2. The minimum Gasteiger partial charge on any atom is -0.478 e. The third-order valence-electron chi connectivity index (χ3n) is 4.76. The number of sulfone groups is 1. The summed E-state index contributed by atoms with van der Waals surface area (Å²) in [6.45, 7) is 3.81. The van der Waals surface area contributed by atoms with Crippen LogP contribution in [-0.2, 0) is 29.1 Å². The molecular formula is C19H19ClN2O5S. The van der Waals surface area contributed by atoms with Gasteiger partial charge < -0.3 is 10.4 Å². The summed E-state index contributed by atoms with van der Waals surface area (Å²) in [4.78, 5) is 28.5. The van der Waals surface area contributed by atoms with Gasteiger partial charge in [-0.1, -0.05) is 31.5 Å². The number of rotatable bonds is 5. The van der Waals surface area contributed by atoms with Gasteiger partial charge in [-0.2, -0.15) is 0 Å². The summed E-state index contributed by atoms with van der Waals surface area (Å²) >= 11 is 6.24. The van der Waals surface area contributed by atoms with Crippen LogP contribution in [0, 0.1) is 0 Å². The van der Waals surface area contributed by atoms with Gasteiger partial charge in [-0.25, -0.2) is 18.2 Å². The smallest absolute Gasteiger partial charge is 0.338 e. The number of amides is 1. The van der Waals surface area contributed by atoms with Gasteiger partial charge >= 0.3 is 5.97 Å². The molecule has 0 saturated carbocycles. The normalized spacial score (nSPS) is 14.5. The highest BCUT2D eigenvalue weighted by Crippen LogP contribution is 2.31. The molecule has 3 rings (SSSR count). The Morgan fingerprint density at radius 1 is 1.25 bits per heavy atom. The van der Waals surface area contributed by atoms with Crippen LogP contribution in [0.1, 0.15) is 51.4 Å². The Bertz CT molecular complexity index is 1100. The summed E-state index contributed by atoms with van der Waals surface area (Å²) in [5, 5.41) is 12.5. The SMILES string of the molecule is CCc1ccc(Cl)c(CC)c1NC(=O)c1nc2c(cc1C(=O)O)CCS2(=O)=O. The molecule has 0 aliphatic carbocycles. The highest BCUT2D eigenvalue weighted by molar-refractivity contribution is 7.91. The van der Waals surface area contributed by atoms with Crippen LogP contribution in [0.2, 0.25) is 5.02 Å². The summed E-state index contributed by atoms with van der Waals surface area (Å²) in [5.74, 6) is -2.27. The average molecular weight is 423 g/mol. The quantitative estimate of drug-likeness (QED) is 0.765. The lowest BCUT2D eigenvalue weighted by Crippen LogP contribution is -2.21. The second-order valence-corrected chi connectivity index (χ2v) is 8.88. The minimum atomic E-state index is -3.61. The van der Waals surface area contributed by atoms with Gasteiger partial charge in [-0.15, -0.1) is 0 Å². The second-order valence-electron chi connectivity index (χ2n) is 6.44. The number of benzene rings is 1. The van der Waals surface area contributed by atoms with Crippen molar-refractivity contribution in [1.82, 2.24) is 4.98 Å². The fraction of sp³-hybridized carbons (Fsp3) is 0.316. The molecule has 0 bridgehead atoms. The van der Waals surface area contributed by atoms with E-state index in [1.807, 2.05) is 13.8 Å². The molecular weight excluding hydrogens is 404 g/mol. The van der Waals surface area contributed by atoms with Crippen molar-refractivity contribution in [1.29, 1.82) is 0 Å². The van der Waals surface area contributed by atoms with Gasteiger partial charge in [0, 0.05) is 10.7 Å². The molecule has 1 amide bonds. The first-order valence-corrected chi connectivity index (χ1v) is 10.8. The Kier molecular flexibility index (Phi) is 5.45. The molecule has 0 unspecified atom stereocenters. The van der Waals surface area contributed by atoms with Crippen molar-refractivity contribution >= 4 is 39.0 Å². The zero-order valence-corrected chi connectivity index (χ0v) is 16.9. The highest BCUT2D eigenvalue weighted by Gasteiger charge is 2.32. The molecule has 2 N–H and O–H groups in total. The van der Waals surface area contributed by atoms with E-state index in [1.54, 1.807) is 12.1 Å². The topological polar surface area (TPSA) is 113 Å². The number of pyridine rings is 1. The van der Waals surface area contributed by atoms with Gasteiger partial charge in [0.1, 0.15) is 5.69 Å². The average Bonchev–Trinajstić information content (AvgIpc) is 2.95. The molecule has 0 atom stereocenters. The number of nitrogens with zero attached hydrogens (tertiary/aromatic N) is 1. The number of fused-ring (bicyclic) bond motifs is 1.